The van der Waals surface area contributed by atoms with Crippen LogP contribution >= 0.6 is 0 Å². The first-order valence-electron chi connectivity index (χ1n) is 49.5. The molecule has 10 heterocycles. The summed E-state index contributed by atoms with van der Waals surface area (Å²) in [7, 11) is 1.64. The average Bonchev–Trinajstić information content (AvgIpc) is 1.58. The topological polar surface area (TPSA) is 147 Å². The third-order valence-corrected chi connectivity index (χ3v) is 21.3. The molecule has 3 fully saturated rings. The normalized spacial score (nSPS) is 13.2. The Kier molecular flexibility index (Phi) is 53.2. The number of halogens is 7. The number of nitrogens with zero attached hydrogens (tertiary/aromatic N) is 10. The molecule has 0 spiro atoms. The molecular weight excluding hydrogens is 1690 g/mol. The second-order valence-electron chi connectivity index (χ2n) is 42.0. The number of pyridine rings is 10. The predicted molar refractivity (Wildman–Crippen MR) is 543 cm³/mol. The molecule has 3 aliphatic rings. The van der Waals surface area contributed by atoms with Gasteiger partial charge in [-0.15, -0.1) is 0 Å². The van der Waals surface area contributed by atoms with E-state index in [2.05, 4.69) is 237 Å². The number of aryl methyl sites for hydroxylation is 3. The van der Waals surface area contributed by atoms with Crippen molar-refractivity contribution >= 4 is 0 Å². The molecule has 19 heteroatoms. The van der Waals surface area contributed by atoms with Gasteiger partial charge in [-0.25, -0.2) is 19.3 Å². The minimum Gasteiger partial charge on any atom is -0.481 e. The zero-order chi connectivity index (χ0) is 99.7. The van der Waals surface area contributed by atoms with E-state index in [4.69, 9.17) is 19.4 Å². The Morgan fingerprint density at radius 2 is 0.724 bits per heavy atom. The molecule has 0 amide bonds. The molecule has 0 aromatic carbocycles. The van der Waals surface area contributed by atoms with E-state index < -0.39 is 23.6 Å². The first-order chi connectivity index (χ1) is 63.0. The fourth-order valence-corrected chi connectivity index (χ4v) is 14.5. The van der Waals surface area contributed by atoms with Gasteiger partial charge >= 0.3 is 12.4 Å². The van der Waals surface area contributed by atoms with Crippen molar-refractivity contribution in [2.45, 2.75) is 351 Å². The monoisotopic (exact) mass is 1850 g/mol. The molecule has 0 unspecified atom stereocenters. The van der Waals surface area contributed by atoms with E-state index in [1.54, 1.807) is 19.2 Å². The molecule has 0 atom stereocenters. The standard InChI is InChI=1S/C14H21N.C13H19N.C12H18FN.C12H19NO.C12H17N.C11H17NO.C11H17N.2C10H12F3N.C10H15N/c1-11(2)10-13-8-5-9-14(15-13)12-6-3-4-7-12;1-10(2)9-12-7-4-8-13(14-12)11-5-3-6-11;1-8(2)7-10-5-6-11(13)12(14-10)9(3)4;1-5-14-11-8-6-7-10(13-11)9-12(2,3)4;1-9(2)8-11-4-3-5-12(13-11)10-6-7-10;1-11(2,3)8-9-6-5-7-10(12-9)13-4;1-9(2)7-8-11-6-4-5-10(3)12-11;1-7(2)5-9-4-3-8(6-14-9)10(11,12)13;1-7(2)6-8-4-3-5-9(14-8)10(11,12)13;1-9(2)6-7-10-5-3-4-8-11-10/h5,8-9,11-12H,3-4,6-7,10H2,1-2H3;4,7-8,10-11H,3,5-6,9H2,1-2H3;5-6,8-9H,7H2,1-4H3;6-8H,5,9H2,1-4H3;3-5,9-10H,6-8H2,1-2H3;5-7H,8H2,1-4H3;4-6,9H,7-8H2,1-3H3;3-4,6-7H,5H2,1-2H3;3-5,7H,6H2,1-2H3;3-5,8-9H,6-7H2,1-2H3. The van der Waals surface area contributed by atoms with Crippen LogP contribution in [0.2, 0.25) is 0 Å². The molecule has 0 aliphatic heterocycles. The van der Waals surface area contributed by atoms with Crippen LogP contribution in [0.4, 0.5) is 30.7 Å². The molecule has 0 saturated heterocycles. The molecule has 0 radical (unpaired) electrons. The molecule has 10 aromatic rings. The van der Waals surface area contributed by atoms with Gasteiger partial charge in [0.25, 0.3) is 0 Å². The number of aromatic nitrogens is 10. The first-order valence-corrected chi connectivity index (χ1v) is 49.5. The summed E-state index contributed by atoms with van der Waals surface area (Å²) in [5.74, 6) is 8.64. The number of hydrogen-bond donors (Lipinski definition) is 0. The van der Waals surface area contributed by atoms with Crippen LogP contribution in [0.1, 0.15) is 364 Å². The van der Waals surface area contributed by atoms with Gasteiger partial charge < -0.3 is 9.47 Å². The van der Waals surface area contributed by atoms with Gasteiger partial charge in [0, 0.05) is 122 Å². The van der Waals surface area contributed by atoms with Gasteiger partial charge in [-0.3, -0.25) is 34.9 Å². The van der Waals surface area contributed by atoms with Crippen LogP contribution in [0.25, 0.3) is 0 Å². The van der Waals surface area contributed by atoms with Gasteiger partial charge in [-0.2, -0.15) is 26.3 Å². The SMILES string of the molecule is CC(C)CCc1ccccn1.CC(C)Cc1ccc(C(F)(F)F)cn1.CC(C)Cc1ccc(F)c(C(C)C)n1.CC(C)Cc1cccc(C(F)(F)F)n1.CC(C)Cc1cccc(C2CC2)n1.CC(C)Cc1cccc(C2CCC2)n1.CC(C)Cc1cccc(C2CCCC2)n1.CCOc1cccc(CC(C)(C)C)n1.COc1cccc(CC(C)(C)C)n1.Cc1cccc(CCC(C)C)n1. The second kappa shape index (κ2) is 60.9. The Morgan fingerprint density at radius 1 is 0.343 bits per heavy atom. The Balaban J connectivity index is 0.000000312. The highest BCUT2D eigenvalue weighted by Gasteiger charge is 2.33. The van der Waals surface area contributed by atoms with E-state index in [9.17, 15) is 30.7 Å². The van der Waals surface area contributed by atoms with E-state index in [1.165, 1.54) is 134 Å². The second-order valence-corrected chi connectivity index (χ2v) is 42.0. The third kappa shape index (κ3) is 53.2. The third-order valence-electron chi connectivity index (χ3n) is 21.3. The molecule has 12 nitrogen and oxygen atoms in total. The Hall–Kier alpha value is -9.39. The van der Waals surface area contributed by atoms with E-state index in [1.807, 2.05) is 116 Å². The lowest BCUT2D eigenvalue weighted by Crippen LogP contribution is -2.11. The van der Waals surface area contributed by atoms with Gasteiger partial charge in [0.2, 0.25) is 11.8 Å². The molecule has 134 heavy (non-hydrogen) atoms. The van der Waals surface area contributed by atoms with Crippen molar-refractivity contribution in [3.8, 4) is 11.8 Å². The largest absolute Gasteiger partial charge is 0.481 e. The number of ether oxygens (including phenoxy) is 2. The highest BCUT2D eigenvalue weighted by molar-refractivity contribution is 5.24. The van der Waals surface area contributed by atoms with Crippen molar-refractivity contribution in [3.63, 3.8) is 0 Å². The van der Waals surface area contributed by atoms with Crippen LogP contribution in [-0.2, 0) is 76.6 Å². The maximum absolute atomic E-state index is 13.3. The van der Waals surface area contributed by atoms with Gasteiger partial charge in [-0.05, 0) is 303 Å². The molecule has 10 aromatic heterocycles. The quantitative estimate of drug-likeness (QED) is 0.0451. The van der Waals surface area contributed by atoms with Crippen molar-refractivity contribution in [2.75, 3.05) is 13.7 Å². The summed E-state index contributed by atoms with van der Waals surface area (Å²) in [6.07, 6.45) is 18.5. The molecule has 3 aliphatic carbocycles. The van der Waals surface area contributed by atoms with Gasteiger partial charge in [0.1, 0.15) is 11.5 Å². The number of methoxy groups -OCH3 is 1. The molecule has 738 valence electrons. The fraction of sp³-hybridized carbons (Fsp3) is 0.565. The van der Waals surface area contributed by atoms with Crippen molar-refractivity contribution in [2.24, 2.45) is 58.2 Å². The summed E-state index contributed by atoms with van der Waals surface area (Å²) in [6, 6.07) is 53.5. The van der Waals surface area contributed by atoms with Crippen LogP contribution < -0.4 is 9.47 Å². The van der Waals surface area contributed by atoms with Crippen molar-refractivity contribution in [3.05, 3.63) is 285 Å². The highest BCUT2D eigenvalue weighted by atomic mass is 19.4. The molecule has 13 rings (SSSR count). The number of rotatable bonds is 27. The summed E-state index contributed by atoms with van der Waals surface area (Å²) in [5.41, 5.74) is 15.4. The number of alkyl halides is 6. The van der Waals surface area contributed by atoms with Crippen LogP contribution in [0.15, 0.2) is 182 Å². The van der Waals surface area contributed by atoms with Crippen LogP contribution in [0, 0.1) is 70.9 Å². The lowest BCUT2D eigenvalue weighted by molar-refractivity contribution is -0.141. The zero-order valence-corrected chi connectivity index (χ0v) is 86.7. The van der Waals surface area contributed by atoms with Crippen molar-refractivity contribution in [1.82, 2.24) is 49.8 Å². The predicted octanol–water partition coefficient (Wildman–Crippen LogP) is 32.2. The van der Waals surface area contributed by atoms with E-state index >= 15 is 0 Å². The maximum atomic E-state index is 13.3. The number of hydrogen-bond acceptors (Lipinski definition) is 12. The Bertz CT molecular complexity index is 4810. The lowest BCUT2D eigenvalue weighted by Gasteiger charge is -2.25. The van der Waals surface area contributed by atoms with Crippen molar-refractivity contribution < 1.29 is 40.2 Å². The van der Waals surface area contributed by atoms with E-state index in [-0.39, 0.29) is 22.6 Å². The molecular formula is C115H167F7N10O2. The summed E-state index contributed by atoms with van der Waals surface area (Å²) in [4.78, 5) is 43.3. The lowest BCUT2D eigenvalue weighted by atomic mass is 9.82. The fourth-order valence-electron chi connectivity index (χ4n) is 14.5. The summed E-state index contributed by atoms with van der Waals surface area (Å²) in [6.45, 7) is 56.5. The van der Waals surface area contributed by atoms with Gasteiger partial charge in [-0.1, -0.05) is 234 Å². The molecule has 0 bridgehead atoms. The minimum atomic E-state index is -4.34. The summed E-state index contributed by atoms with van der Waals surface area (Å²) < 4.78 is 96.9. The Morgan fingerprint density at radius 3 is 1.10 bits per heavy atom. The zero-order valence-electron chi connectivity index (χ0n) is 86.7. The van der Waals surface area contributed by atoms with Gasteiger partial charge in [0.05, 0.1) is 25.0 Å². The molecule has 3 saturated carbocycles. The smallest absolute Gasteiger partial charge is 0.433 e. The van der Waals surface area contributed by atoms with Crippen molar-refractivity contribution in [1.29, 1.82) is 0 Å². The van der Waals surface area contributed by atoms with Crippen LogP contribution in [0.3, 0.4) is 0 Å². The van der Waals surface area contributed by atoms with Crippen LogP contribution in [-0.4, -0.2) is 63.6 Å². The van der Waals surface area contributed by atoms with Gasteiger partial charge in [0.15, 0.2) is 0 Å². The first kappa shape index (κ1) is 117. The minimum absolute atomic E-state index is 0.155. The highest BCUT2D eigenvalue weighted by Crippen LogP contribution is 2.40. The molecule has 0 N–H and O–H groups in total. The summed E-state index contributed by atoms with van der Waals surface area (Å²) in [5, 5.41) is 0. The summed E-state index contributed by atoms with van der Waals surface area (Å²) >= 11 is 0. The maximum Gasteiger partial charge on any atom is 0.433 e. The Labute approximate surface area is 804 Å². The van der Waals surface area contributed by atoms with Crippen LogP contribution in [0.5, 0.6) is 11.8 Å². The van der Waals surface area contributed by atoms with E-state index in [0.29, 0.717) is 77.9 Å². The van der Waals surface area contributed by atoms with E-state index in [0.717, 1.165) is 128 Å². The average molecular weight is 1850 g/mol.